The van der Waals surface area contributed by atoms with Crippen molar-refractivity contribution in [1.29, 1.82) is 0 Å². The second-order valence-corrected chi connectivity index (χ2v) is 7.61. The largest absolute Gasteiger partial charge is 0.355 e. The Morgan fingerprint density at radius 2 is 1.83 bits per heavy atom. The lowest BCUT2D eigenvalue weighted by molar-refractivity contribution is -0.122. The van der Waals surface area contributed by atoms with E-state index in [0.717, 1.165) is 28.5 Å². The molecule has 1 saturated heterocycles. The first-order valence-corrected chi connectivity index (χ1v) is 10.5. The van der Waals surface area contributed by atoms with Crippen molar-refractivity contribution in [2.24, 2.45) is 0 Å². The summed E-state index contributed by atoms with van der Waals surface area (Å²) in [5.41, 5.74) is 2.26. The number of nitrogens with zero attached hydrogens (tertiary/aromatic N) is 3. The fourth-order valence-corrected chi connectivity index (χ4v) is 3.82. The first kappa shape index (κ1) is 20.1. The molecule has 2 aromatic carbocycles. The smallest absolute Gasteiger partial charge is 0.271 e. The van der Waals surface area contributed by atoms with Gasteiger partial charge >= 0.3 is 0 Å². The van der Waals surface area contributed by atoms with E-state index in [9.17, 15) is 9.59 Å². The molecule has 1 fully saturated rings. The van der Waals surface area contributed by atoms with Crippen molar-refractivity contribution in [1.82, 2.24) is 25.3 Å². The molecule has 0 spiro atoms. The normalized spacial score (nSPS) is 14.8. The molecule has 0 atom stereocenters. The molecule has 2 N–H and O–H groups in total. The van der Waals surface area contributed by atoms with Gasteiger partial charge < -0.3 is 10.2 Å². The number of hydrogen-bond acceptors (Lipinski definition) is 4. The van der Waals surface area contributed by atoms with Gasteiger partial charge in [0.05, 0.1) is 12.2 Å². The van der Waals surface area contributed by atoms with Gasteiger partial charge in [-0.2, -0.15) is 5.10 Å². The van der Waals surface area contributed by atoms with E-state index in [1.165, 1.54) is 0 Å². The lowest BCUT2D eigenvalue weighted by Crippen LogP contribution is -2.51. The fourth-order valence-electron chi connectivity index (χ4n) is 3.82. The summed E-state index contributed by atoms with van der Waals surface area (Å²) in [4.78, 5) is 28.7. The molecule has 4 rings (SSSR count). The molecule has 30 heavy (non-hydrogen) atoms. The Kier molecular flexibility index (Phi) is 6.09. The van der Waals surface area contributed by atoms with Crippen LogP contribution in [0.3, 0.4) is 0 Å². The minimum atomic E-state index is -0.0518. The summed E-state index contributed by atoms with van der Waals surface area (Å²) in [7, 11) is 0. The summed E-state index contributed by atoms with van der Waals surface area (Å²) >= 11 is 0. The maximum atomic E-state index is 12.9. The van der Waals surface area contributed by atoms with Gasteiger partial charge in [0, 0.05) is 38.3 Å². The Balaban J connectivity index is 1.40. The third kappa shape index (κ3) is 4.36. The van der Waals surface area contributed by atoms with Crippen LogP contribution in [0.4, 0.5) is 0 Å². The first-order valence-electron chi connectivity index (χ1n) is 10.5. The minimum Gasteiger partial charge on any atom is -0.355 e. The van der Waals surface area contributed by atoms with Crippen LogP contribution in [-0.4, -0.2) is 71.1 Å². The lowest BCUT2D eigenvalue weighted by Gasteiger charge is -2.34. The van der Waals surface area contributed by atoms with Gasteiger partial charge in [-0.05, 0) is 23.3 Å². The van der Waals surface area contributed by atoms with E-state index in [1.807, 2.05) is 42.2 Å². The topological polar surface area (TPSA) is 81.3 Å². The number of carbonyl (C=O) groups excluding carboxylic acids is 2. The van der Waals surface area contributed by atoms with Gasteiger partial charge in [0.1, 0.15) is 5.69 Å². The van der Waals surface area contributed by atoms with E-state index in [4.69, 9.17) is 0 Å². The van der Waals surface area contributed by atoms with E-state index in [-0.39, 0.29) is 11.8 Å². The standard InChI is InChI=1S/C23H27N5O2/c1-2-10-24-22(29)16-27-11-13-28(14-12-27)23(30)21-15-20(25-26-21)19-9-5-7-17-6-3-4-8-18(17)19/h3-9,15H,2,10-14,16H2,1H3,(H,24,29)(H,25,26). The van der Waals surface area contributed by atoms with Gasteiger partial charge in [-0.1, -0.05) is 49.4 Å². The summed E-state index contributed by atoms with van der Waals surface area (Å²) in [6.07, 6.45) is 0.930. The van der Waals surface area contributed by atoms with E-state index in [2.05, 4.69) is 38.6 Å². The van der Waals surface area contributed by atoms with Crippen molar-refractivity contribution in [3.8, 4) is 11.3 Å². The van der Waals surface area contributed by atoms with Crippen LogP contribution in [0.1, 0.15) is 23.8 Å². The average molecular weight is 406 g/mol. The molecule has 0 radical (unpaired) electrons. The van der Waals surface area contributed by atoms with Crippen LogP contribution in [0.15, 0.2) is 48.5 Å². The zero-order valence-electron chi connectivity index (χ0n) is 17.2. The number of fused-ring (bicyclic) bond motifs is 1. The maximum Gasteiger partial charge on any atom is 0.271 e. The van der Waals surface area contributed by atoms with Crippen molar-refractivity contribution in [2.45, 2.75) is 13.3 Å². The highest BCUT2D eigenvalue weighted by Gasteiger charge is 2.24. The summed E-state index contributed by atoms with van der Waals surface area (Å²) in [6.45, 7) is 5.70. The zero-order chi connectivity index (χ0) is 20.9. The molecule has 2 heterocycles. The van der Waals surface area contributed by atoms with Gasteiger partial charge in [-0.15, -0.1) is 0 Å². The molecule has 3 aromatic rings. The maximum absolute atomic E-state index is 12.9. The molecular weight excluding hydrogens is 378 g/mol. The van der Waals surface area contributed by atoms with Crippen LogP contribution in [-0.2, 0) is 4.79 Å². The Morgan fingerprint density at radius 1 is 1.07 bits per heavy atom. The molecule has 0 saturated carbocycles. The van der Waals surface area contributed by atoms with Crippen LogP contribution in [0, 0.1) is 0 Å². The number of H-pyrrole nitrogens is 1. The number of aromatic nitrogens is 2. The third-order valence-corrected chi connectivity index (χ3v) is 5.47. The highest BCUT2D eigenvalue weighted by atomic mass is 16.2. The molecule has 1 aromatic heterocycles. The second kappa shape index (κ2) is 9.09. The molecule has 2 amide bonds. The van der Waals surface area contributed by atoms with Crippen molar-refractivity contribution in [3.05, 3.63) is 54.2 Å². The molecule has 7 heteroatoms. The van der Waals surface area contributed by atoms with Crippen LogP contribution >= 0.6 is 0 Å². The van der Waals surface area contributed by atoms with Crippen LogP contribution in [0.2, 0.25) is 0 Å². The number of nitrogens with one attached hydrogen (secondary N) is 2. The first-order chi connectivity index (χ1) is 14.7. The predicted molar refractivity (Wildman–Crippen MR) is 117 cm³/mol. The second-order valence-electron chi connectivity index (χ2n) is 7.61. The van der Waals surface area contributed by atoms with Gasteiger partial charge in [-0.3, -0.25) is 19.6 Å². The van der Waals surface area contributed by atoms with Crippen molar-refractivity contribution in [3.63, 3.8) is 0 Å². The van der Waals surface area contributed by atoms with Crippen LogP contribution in [0.25, 0.3) is 22.0 Å². The van der Waals surface area contributed by atoms with Crippen molar-refractivity contribution < 1.29 is 9.59 Å². The van der Waals surface area contributed by atoms with Crippen molar-refractivity contribution >= 4 is 22.6 Å². The van der Waals surface area contributed by atoms with Crippen LogP contribution in [0.5, 0.6) is 0 Å². The van der Waals surface area contributed by atoms with Crippen molar-refractivity contribution in [2.75, 3.05) is 39.3 Å². The van der Waals surface area contributed by atoms with E-state index >= 15 is 0 Å². The number of rotatable bonds is 6. The van der Waals surface area contributed by atoms with Gasteiger partial charge in [0.25, 0.3) is 5.91 Å². The molecule has 0 bridgehead atoms. The minimum absolute atomic E-state index is 0.0462. The highest BCUT2D eigenvalue weighted by Crippen LogP contribution is 2.27. The molecule has 1 aliphatic heterocycles. The quantitative estimate of drug-likeness (QED) is 0.660. The number of benzene rings is 2. The summed E-state index contributed by atoms with van der Waals surface area (Å²) < 4.78 is 0. The average Bonchev–Trinajstić information content (AvgIpc) is 3.27. The van der Waals surface area contributed by atoms with Crippen LogP contribution < -0.4 is 5.32 Å². The molecule has 156 valence electrons. The predicted octanol–water partition coefficient (Wildman–Crippen LogP) is 2.51. The molecule has 1 aliphatic rings. The summed E-state index contributed by atoms with van der Waals surface area (Å²) in [6, 6.07) is 16.1. The Bertz CT molecular complexity index is 1030. The molecular formula is C23H27N5O2. The molecule has 7 nitrogen and oxygen atoms in total. The summed E-state index contributed by atoms with van der Waals surface area (Å²) in [5.74, 6) is -0.00556. The fraction of sp³-hybridized carbons (Fsp3) is 0.348. The number of piperazine rings is 1. The monoisotopic (exact) mass is 405 g/mol. The molecule has 0 unspecified atom stereocenters. The Labute approximate surface area is 176 Å². The number of aromatic amines is 1. The van der Waals surface area contributed by atoms with E-state index in [1.54, 1.807) is 0 Å². The van der Waals surface area contributed by atoms with Gasteiger partial charge in [0.15, 0.2) is 0 Å². The Morgan fingerprint density at radius 3 is 2.63 bits per heavy atom. The third-order valence-electron chi connectivity index (χ3n) is 5.47. The SMILES string of the molecule is CCCNC(=O)CN1CCN(C(=O)c2cc(-c3cccc4ccccc34)n[nH]2)CC1. The lowest BCUT2D eigenvalue weighted by atomic mass is 10.0. The van der Waals surface area contributed by atoms with Gasteiger partial charge in [-0.25, -0.2) is 0 Å². The van der Waals surface area contributed by atoms with Gasteiger partial charge in [0.2, 0.25) is 5.91 Å². The molecule has 0 aliphatic carbocycles. The number of amides is 2. The Hall–Kier alpha value is -3.19. The van der Waals surface area contributed by atoms with E-state index < -0.39 is 0 Å². The summed E-state index contributed by atoms with van der Waals surface area (Å²) in [5, 5.41) is 12.5. The highest BCUT2D eigenvalue weighted by molar-refractivity contribution is 5.98. The zero-order valence-corrected chi connectivity index (χ0v) is 17.2. The number of hydrogen-bond donors (Lipinski definition) is 2. The van der Waals surface area contributed by atoms with E-state index in [0.29, 0.717) is 45.0 Å². The number of carbonyl (C=O) groups is 2.